The van der Waals surface area contributed by atoms with Gasteiger partial charge in [0.05, 0.1) is 12.8 Å². The van der Waals surface area contributed by atoms with Crippen molar-refractivity contribution >= 4 is 57.7 Å². The first-order valence-corrected chi connectivity index (χ1v) is 17.5. The minimum absolute atomic E-state index is 0.0106. The van der Waals surface area contributed by atoms with Gasteiger partial charge in [0.25, 0.3) is 11.8 Å². The molecule has 8 nitrogen and oxygen atoms in total. The number of hydrogen-bond donors (Lipinski definition) is 3. The van der Waals surface area contributed by atoms with E-state index in [0.29, 0.717) is 38.3 Å². The summed E-state index contributed by atoms with van der Waals surface area (Å²) in [4.78, 5) is 45.9. The van der Waals surface area contributed by atoms with Crippen molar-refractivity contribution < 1.29 is 23.5 Å². The summed E-state index contributed by atoms with van der Waals surface area (Å²) >= 11 is 2.59. The van der Waals surface area contributed by atoms with Gasteiger partial charge in [-0.2, -0.15) is 0 Å². The number of hydrogen-bond acceptors (Lipinski definition) is 7. The van der Waals surface area contributed by atoms with Gasteiger partial charge < -0.3 is 20.7 Å². The number of carbonyl (C=O) groups excluding carboxylic acids is 3. The average molecular weight is 715 g/mol. The highest BCUT2D eigenvalue weighted by Crippen LogP contribution is 2.38. The van der Waals surface area contributed by atoms with Crippen LogP contribution in [-0.2, 0) is 9.59 Å². The van der Waals surface area contributed by atoms with Gasteiger partial charge in [0.2, 0.25) is 5.91 Å². The molecule has 0 saturated heterocycles. The third-order valence-electron chi connectivity index (χ3n) is 7.53. The molecule has 1 atom stereocenters. The Labute approximate surface area is 302 Å². The molecule has 0 aliphatic heterocycles. The number of nitrogens with zero attached hydrogens (tertiary/aromatic N) is 1. The van der Waals surface area contributed by atoms with Crippen molar-refractivity contribution in [1.29, 1.82) is 0 Å². The molecule has 0 aliphatic rings. The lowest BCUT2D eigenvalue weighted by atomic mass is 10.1. The molecule has 0 fully saturated rings. The zero-order valence-electron chi connectivity index (χ0n) is 27.2. The molecule has 1 unspecified atom stereocenters. The van der Waals surface area contributed by atoms with Gasteiger partial charge in [0.15, 0.2) is 5.13 Å². The number of carbonyl (C=O) groups is 3. The zero-order chi connectivity index (χ0) is 35.6. The van der Waals surface area contributed by atoms with Gasteiger partial charge in [0, 0.05) is 32.7 Å². The topological polar surface area (TPSA) is 109 Å². The third kappa shape index (κ3) is 9.15. The van der Waals surface area contributed by atoms with Gasteiger partial charge in [-0.25, -0.2) is 9.37 Å². The molecule has 3 amide bonds. The van der Waals surface area contributed by atoms with Crippen LogP contribution in [0.1, 0.15) is 26.7 Å². The van der Waals surface area contributed by atoms with Crippen LogP contribution in [-0.4, -0.2) is 29.8 Å². The first-order valence-electron chi connectivity index (χ1n) is 15.7. The summed E-state index contributed by atoms with van der Waals surface area (Å²) in [6, 6.07) is 38.2. The first-order chi connectivity index (χ1) is 24.9. The molecule has 6 rings (SSSR count). The number of nitrogens with one attached hydrogen (secondary N) is 3. The van der Waals surface area contributed by atoms with E-state index in [1.54, 1.807) is 84.3 Å². The number of benzene rings is 5. The van der Waals surface area contributed by atoms with E-state index < -0.39 is 17.1 Å². The lowest BCUT2D eigenvalue weighted by Gasteiger charge is -2.17. The lowest BCUT2D eigenvalue weighted by molar-refractivity contribution is -0.116. The summed E-state index contributed by atoms with van der Waals surface area (Å²) in [5, 5.41) is 10.1. The van der Waals surface area contributed by atoms with Gasteiger partial charge in [-0.3, -0.25) is 14.4 Å². The maximum atomic E-state index is 13.8. The normalized spacial score (nSPS) is 11.7. The molecule has 0 spiro atoms. The standard InChI is InChI=1S/C40H31FN4O4S2/c1-49-35-18-9-8-15-29(35)23-33(43-37(46)28-13-6-3-7-14-28)38(47)42-31-16-10-17-32(24-31)51-36(27-11-4-2-5-12-27)39(48)45-40-44-34(25-50-40)26-19-21-30(41)22-20-26/h2-25,36H,1H3,(H,42,47)(H,43,46)(H,44,45,48)/b33-23+. The Balaban J connectivity index is 1.22. The summed E-state index contributed by atoms with van der Waals surface area (Å²) in [5.41, 5.74) is 3.60. The summed E-state index contributed by atoms with van der Waals surface area (Å²) in [7, 11) is 1.53. The predicted octanol–water partition coefficient (Wildman–Crippen LogP) is 8.84. The lowest BCUT2D eigenvalue weighted by Crippen LogP contribution is -2.30. The van der Waals surface area contributed by atoms with Crippen LogP contribution in [0.3, 0.4) is 0 Å². The van der Waals surface area contributed by atoms with E-state index in [-0.39, 0.29) is 17.4 Å². The maximum Gasteiger partial charge on any atom is 0.272 e. The second-order valence-corrected chi connectivity index (χ2v) is 13.1. The van der Waals surface area contributed by atoms with Crippen LogP contribution in [0.2, 0.25) is 0 Å². The molecule has 6 aromatic rings. The summed E-state index contributed by atoms with van der Waals surface area (Å²) in [6.07, 6.45) is 1.56. The van der Waals surface area contributed by atoms with Crippen LogP contribution in [0.25, 0.3) is 17.3 Å². The van der Waals surface area contributed by atoms with Crippen molar-refractivity contribution in [3.8, 4) is 17.0 Å². The number of rotatable bonds is 12. The second kappa shape index (κ2) is 16.6. The summed E-state index contributed by atoms with van der Waals surface area (Å²) in [5.74, 6) is -1.09. The quantitative estimate of drug-likeness (QED) is 0.0864. The molecule has 3 N–H and O–H groups in total. The fourth-order valence-corrected chi connectivity index (χ4v) is 6.83. The first kappa shape index (κ1) is 34.8. The van der Waals surface area contributed by atoms with Crippen molar-refractivity contribution in [1.82, 2.24) is 10.3 Å². The van der Waals surface area contributed by atoms with Crippen LogP contribution in [0.15, 0.2) is 149 Å². The molecule has 0 bridgehead atoms. The SMILES string of the molecule is COc1ccccc1/C=C(/NC(=O)c1ccccc1)C(=O)Nc1cccc(SC(C(=O)Nc2nc(-c3ccc(F)cc3)cs2)c2ccccc2)c1. The predicted molar refractivity (Wildman–Crippen MR) is 201 cm³/mol. The number of ether oxygens (including phenoxy) is 1. The highest BCUT2D eigenvalue weighted by atomic mass is 32.2. The Bertz CT molecular complexity index is 2170. The van der Waals surface area contributed by atoms with E-state index in [9.17, 15) is 18.8 Å². The Morgan fingerprint density at radius 3 is 2.27 bits per heavy atom. The van der Waals surface area contributed by atoms with Gasteiger partial charge >= 0.3 is 0 Å². The largest absolute Gasteiger partial charge is 0.496 e. The van der Waals surface area contributed by atoms with Crippen LogP contribution in [0.4, 0.5) is 15.2 Å². The summed E-state index contributed by atoms with van der Waals surface area (Å²) in [6.45, 7) is 0. The Morgan fingerprint density at radius 1 is 0.824 bits per heavy atom. The average Bonchev–Trinajstić information content (AvgIpc) is 3.63. The van der Waals surface area contributed by atoms with Gasteiger partial charge in [-0.1, -0.05) is 72.8 Å². The zero-order valence-corrected chi connectivity index (χ0v) is 28.8. The molecule has 0 aliphatic carbocycles. The molecule has 5 aromatic carbocycles. The van der Waals surface area contributed by atoms with E-state index in [4.69, 9.17) is 4.74 Å². The molecular formula is C40H31FN4O4S2. The highest BCUT2D eigenvalue weighted by molar-refractivity contribution is 8.00. The Morgan fingerprint density at radius 2 is 1.53 bits per heavy atom. The molecule has 11 heteroatoms. The maximum absolute atomic E-state index is 13.8. The Kier molecular flexibility index (Phi) is 11.3. The van der Waals surface area contributed by atoms with E-state index in [1.807, 2.05) is 48.5 Å². The molecule has 51 heavy (non-hydrogen) atoms. The molecule has 254 valence electrons. The minimum Gasteiger partial charge on any atom is -0.496 e. The number of aromatic nitrogens is 1. The molecular weight excluding hydrogens is 684 g/mol. The van der Waals surface area contributed by atoms with Crippen molar-refractivity contribution in [3.05, 3.63) is 167 Å². The van der Waals surface area contributed by atoms with Gasteiger partial charge in [-0.15, -0.1) is 23.1 Å². The van der Waals surface area contributed by atoms with E-state index in [2.05, 4.69) is 20.9 Å². The summed E-state index contributed by atoms with van der Waals surface area (Å²) < 4.78 is 18.9. The molecule has 0 radical (unpaired) electrons. The number of methoxy groups -OCH3 is 1. The Hall–Kier alpha value is -6.04. The van der Waals surface area contributed by atoms with Crippen molar-refractivity contribution in [2.45, 2.75) is 10.1 Å². The smallest absolute Gasteiger partial charge is 0.272 e. The van der Waals surface area contributed by atoms with Crippen LogP contribution in [0.5, 0.6) is 5.75 Å². The monoisotopic (exact) mass is 714 g/mol. The van der Waals surface area contributed by atoms with Crippen LogP contribution >= 0.6 is 23.1 Å². The third-order valence-corrected chi connectivity index (χ3v) is 9.53. The number of halogens is 1. The number of amides is 3. The van der Waals surface area contributed by atoms with E-state index in [1.165, 1.54) is 42.3 Å². The van der Waals surface area contributed by atoms with Crippen molar-refractivity contribution in [2.75, 3.05) is 17.7 Å². The van der Waals surface area contributed by atoms with Crippen LogP contribution in [0, 0.1) is 5.82 Å². The number of anilines is 2. The van der Waals surface area contributed by atoms with Crippen LogP contribution < -0.4 is 20.7 Å². The fourth-order valence-electron chi connectivity index (χ4n) is 5.02. The number of thioether (sulfide) groups is 1. The highest BCUT2D eigenvalue weighted by Gasteiger charge is 2.24. The second-order valence-electron chi connectivity index (χ2n) is 11.0. The molecule has 1 heterocycles. The fraction of sp³-hybridized carbons (Fsp3) is 0.0500. The van der Waals surface area contributed by atoms with Crippen molar-refractivity contribution in [2.24, 2.45) is 0 Å². The molecule has 1 aromatic heterocycles. The number of thiazole rings is 1. The minimum atomic E-state index is -0.665. The van der Waals surface area contributed by atoms with E-state index in [0.717, 1.165) is 11.1 Å². The number of para-hydroxylation sites is 1. The van der Waals surface area contributed by atoms with Gasteiger partial charge in [0.1, 0.15) is 22.5 Å². The molecule has 0 saturated carbocycles. The van der Waals surface area contributed by atoms with E-state index >= 15 is 0 Å². The van der Waals surface area contributed by atoms with Crippen molar-refractivity contribution in [3.63, 3.8) is 0 Å². The van der Waals surface area contributed by atoms with Gasteiger partial charge in [-0.05, 0) is 72.3 Å².